The van der Waals surface area contributed by atoms with Gasteiger partial charge in [-0.05, 0) is 12.1 Å². The Morgan fingerprint density at radius 2 is 2.18 bits per heavy atom. The van der Waals surface area contributed by atoms with Crippen LogP contribution in [0.2, 0.25) is 0 Å². The van der Waals surface area contributed by atoms with Crippen molar-refractivity contribution in [2.75, 3.05) is 19.0 Å². The van der Waals surface area contributed by atoms with E-state index >= 15 is 0 Å². The number of carbonyl (C=O) groups excluding carboxylic acids is 1. The maximum atomic E-state index is 12.8. The Bertz CT molecular complexity index is 436. The number of anilines is 1. The minimum absolute atomic E-state index is 0.149. The van der Waals surface area contributed by atoms with E-state index in [9.17, 15) is 14.0 Å². The van der Waals surface area contributed by atoms with Gasteiger partial charge in [-0.1, -0.05) is 0 Å². The molecule has 0 saturated heterocycles. The molecule has 1 aromatic carbocycles. The summed E-state index contributed by atoms with van der Waals surface area (Å²) in [6.45, 7) is -0.505. The molecule has 0 spiro atoms. The highest BCUT2D eigenvalue weighted by Crippen LogP contribution is 2.24. The third-order valence-electron chi connectivity index (χ3n) is 1.81. The Morgan fingerprint density at radius 1 is 1.47 bits per heavy atom. The Morgan fingerprint density at radius 3 is 2.76 bits per heavy atom. The smallest absolute Gasteiger partial charge is 0.323 e. The van der Waals surface area contributed by atoms with Gasteiger partial charge in [0.1, 0.15) is 18.1 Å². The molecule has 0 radical (unpaired) electrons. The van der Waals surface area contributed by atoms with Gasteiger partial charge in [0.05, 0.1) is 12.8 Å². The largest absolute Gasteiger partial charge is 0.494 e. The summed E-state index contributed by atoms with van der Waals surface area (Å²) in [5.41, 5.74) is 0.247. The number of ether oxygens (including phenoxy) is 1. The van der Waals surface area contributed by atoms with Gasteiger partial charge in [-0.2, -0.15) is 0 Å². The predicted molar refractivity (Wildman–Crippen MR) is 57.6 cm³/mol. The molecule has 0 bridgehead atoms. The van der Waals surface area contributed by atoms with Gasteiger partial charge < -0.3 is 20.5 Å². The molecule has 6 nitrogen and oxygen atoms in total. The second kappa shape index (κ2) is 5.69. The zero-order chi connectivity index (χ0) is 12.8. The van der Waals surface area contributed by atoms with E-state index in [2.05, 4.69) is 10.6 Å². The van der Waals surface area contributed by atoms with E-state index in [1.54, 1.807) is 0 Å². The molecule has 0 aliphatic heterocycles. The first-order valence-corrected chi connectivity index (χ1v) is 4.63. The fraction of sp³-hybridized carbons (Fsp3) is 0.200. The molecular formula is C10H11FN2O4. The van der Waals surface area contributed by atoms with Gasteiger partial charge >= 0.3 is 12.0 Å². The monoisotopic (exact) mass is 242 g/mol. The number of halogens is 1. The van der Waals surface area contributed by atoms with Gasteiger partial charge in [0.15, 0.2) is 0 Å². The number of hydrogen-bond donors (Lipinski definition) is 3. The van der Waals surface area contributed by atoms with Crippen molar-refractivity contribution in [3.05, 3.63) is 24.0 Å². The third-order valence-corrected chi connectivity index (χ3v) is 1.81. The van der Waals surface area contributed by atoms with Crippen molar-refractivity contribution in [3.8, 4) is 5.75 Å². The molecule has 0 atom stereocenters. The zero-order valence-electron chi connectivity index (χ0n) is 8.99. The highest BCUT2D eigenvalue weighted by molar-refractivity contribution is 5.92. The first-order chi connectivity index (χ1) is 8.02. The first kappa shape index (κ1) is 12.8. The van der Waals surface area contributed by atoms with Crippen LogP contribution in [0.3, 0.4) is 0 Å². The van der Waals surface area contributed by atoms with Gasteiger partial charge in [0, 0.05) is 6.07 Å². The fourth-order valence-corrected chi connectivity index (χ4v) is 1.09. The first-order valence-electron chi connectivity index (χ1n) is 4.63. The lowest BCUT2D eigenvalue weighted by Crippen LogP contribution is -2.33. The molecule has 7 heteroatoms. The van der Waals surface area contributed by atoms with E-state index in [-0.39, 0.29) is 11.4 Å². The molecule has 17 heavy (non-hydrogen) atoms. The minimum Gasteiger partial charge on any atom is -0.494 e. The van der Waals surface area contributed by atoms with Gasteiger partial charge in [0.25, 0.3) is 0 Å². The number of hydrogen-bond acceptors (Lipinski definition) is 3. The van der Waals surface area contributed by atoms with Gasteiger partial charge in [-0.15, -0.1) is 0 Å². The molecule has 0 aliphatic rings. The average Bonchev–Trinajstić information content (AvgIpc) is 2.28. The van der Waals surface area contributed by atoms with E-state index in [0.717, 1.165) is 12.1 Å². The van der Waals surface area contributed by atoms with Crippen molar-refractivity contribution in [1.82, 2.24) is 5.32 Å². The lowest BCUT2D eigenvalue weighted by atomic mass is 10.3. The third kappa shape index (κ3) is 3.98. The Kier molecular flexibility index (Phi) is 4.27. The Balaban J connectivity index is 2.67. The molecule has 3 N–H and O–H groups in total. The quantitative estimate of drug-likeness (QED) is 0.736. The molecule has 92 valence electrons. The Labute approximate surface area is 96.4 Å². The minimum atomic E-state index is -1.16. The molecule has 0 aromatic heterocycles. The number of carbonyl (C=O) groups is 2. The highest BCUT2D eigenvalue weighted by Gasteiger charge is 2.08. The number of carboxylic acids is 1. The molecule has 1 aromatic rings. The number of benzene rings is 1. The van der Waals surface area contributed by atoms with Crippen LogP contribution in [-0.2, 0) is 4.79 Å². The predicted octanol–water partition coefficient (Wildman–Crippen LogP) is 1.04. The standard InChI is InChI=1S/C10H11FN2O4/c1-17-8-4-6(11)2-3-7(8)13-10(16)12-5-9(14)15/h2-4H,5H2,1H3,(H,14,15)(H2,12,13,16). The summed E-state index contributed by atoms with van der Waals surface area (Å²) in [6, 6.07) is 2.86. The molecule has 0 fully saturated rings. The number of rotatable bonds is 4. The normalized spacial score (nSPS) is 9.53. The van der Waals surface area contributed by atoms with Crippen molar-refractivity contribution >= 4 is 17.7 Å². The maximum absolute atomic E-state index is 12.8. The second-order valence-electron chi connectivity index (χ2n) is 3.05. The Hall–Kier alpha value is -2.31. The zero-order valence-corrected chi connectivity index (χ0v) is 8.99. The molecule has 1 rings (SSSR count). The summed E-state index contributed by atoms with van der Waals surface area (Å²) >= 11 is 0. The van der Waals surface area contributed by atoms with Gasteiger partial charge in [-0.3, -0.25) is 4.79 Å². The lowest BCUT2D eigenvalue weighted by Gasteiger charge is -2.10. The number of aliphatic carboxylic acids is 1. The van der Waals surface area contributed by atoms with Crippen LogP contribution in [-0.4, -0.2) is 30.8 Å². The SMILES string of the molecule is COc1cc(F)ccc1NC(=O)NCC(=O)O. The molecule has 0 aliphatic carbocycles. The van der Waals surface area contributed by atoms with Crippen molar-refractivity contribution in [3.63, 3.8) is 0 Å². The molecule has 0 heterocycles. The van der Waals surface area contributed by atoms with E-state index in [0.29, 0.717) is 0 Å². The number of amides is 2. The molecular weight excluding hydrogens is 231 g/mol. The summed E-state index contributed by atoms with van der Waals surface area (Å²) in [7, 11) is 1.33. The van der Waals surface area contributed by atoms with Crippen molar-refractivity contribution < 1.29 is 23.8 Å². The maximum Gasteiger partial charge on any atom is 0.323 e. The lowest BCUT2D eigenvalue weighted by molar-refractivity contribution is -0.135. The second-order valence-corrected chi connectivity index (χ2v) is 3.05. The van der Waals surface area contributed by atoms with Crippen LogP contribution in [0, 0.1) is 5.82 Å². The van der Waals surface area contributed by atoms with Crippen LogP contribution in [0.25, 0.3) is 0 Å². The highest BCUT2D eigenvalue weighted by atomic mass is 19.1. The van der Waals surface area contributed by atoms with Crippen LogP contribution in [0.5, 0.6) is 5.75 Å². The van der Waals surface area contributed by atoms with Crippen LogP contribution in [0.15, 0.2) is 18.2 Å². The summed E-state index contributed by atoms with van der Waals surface area (Å²) in [5.74, 6) is -1.51. The van der Waals surface area contributed by atoms with Crippen LogP contribution in [0.1, 0.15) is 0 Å². The number of urea groups is 1. The van der Waals surface area contributed by atoms with Crippen LogP contribution in [0.4, 0.5) is 14.9 Å². The summed E-state index contributed by atoms with van der Waals surface area (Å²) in [6.07, 6.45) is 0. The summed E-state index contributed by atoms with van der Waals surface area (Å²) in [5, 5.41) is 12.8. The van der Waals surface area contributed by atoms with E-state index in [1.165, 1.54) is 13.2 Å². The van der Waals surface area contributed by atoms with Crippen molar-refractivity contribution in [2.45, 2.75) is 0 Å². The van der Waals surface area contributed by atoms with E-state index in [4.69, 9.17) is 9.84 Å². The fourth-order valence-electron chi connectivity index (χ4n) is 1.09. The summed E-state index contributed by atoms with van der Waals surface area (Å²) in [4.78, 5) is 21.4. The van der Waals surface area contributed by atoms with Crippen molar-refractivity contribution in [2.24, 2.45) is 0 Å². The molecule has 0 unspecified atom stereocenters. The molecule has 2 amide bonds. The topological polar surface area (TPSA) is 87.7 Å². The van der Waals surface area contributed by atoms with Gasteiger partial charge in [0.2, 0.25) is 0 Å². The average molecular weight is 242 g/mol. The van der Waals surface area contributed by atoms with Crippen molar-refractivity contribution in [1.29, 1.82) is 0 Å². The number of carboxylic acid groups (broad SMARTS) is 1. The van der Waals surface area contributed by atoms with Gasteiger partial charge in [-0.25, -0.2) is 9.18 Å². The number of nitrogens with one attached hydrogen (secondary N) is 2. The molecule has 0 saturated carbocycles. The summed E-state index contributed by atoms with van der Waals surface area (Å²) < 4.78 is 17.7. The van der Waals surface area contributed by atoms with Crippen LogP contribution >= 0.6 is 0 Å². The van der Waals surface area contributed by atoms with Crippen LogP contribution < -0.4 is 15.4 Å². The van der Waals surface area contributed by atoms with E-state index in [1.807, 2.05) is 0 Å². The number of methoxy groups -OCH3 is 1. The van der Waals surface area contributed by atoms with E-state index < -0.39 is 24.4 Å².